The van der Waals surface area contributed by atoms with Crippen LogP contribution in [-0.4, -0.2) is 11.2 Å². The summed E-state index contributed by atoms with van der Waals surface area (Å²) in [5.41, 5.74) is 6.37. The largest absolute Gasteiger partial charge is 0.391 e. The SMILES string of the molecule is C[C@H](O)[C@H](N)c1ccc(F)c(Br)c1. The first-order valence-corrected chi connectivity index (χ1v) is 4.70. The number of nitrogens with two attached hydrogens (primary N) is 1. The molecule has 3 N–H and O–H groups in total. The Balaban J connectivity index is 2.97. The third-order valence-corrected chi connectivity index (χ3v) is 2.46. The van der Waals surface area contributed by atoms with Crippen molar-refractivity contribution in [3.63, 3.8) is 0 Å². The predicted octanol–water partition coefficient (Wildman–Crippen LogP) is 1.97. The number of halogens is 2. The number of benzene rings is 1. The second-order valence-corrected chi connectivity index (χ2v) is 3.79. The lowest BCUT2D eigenvalue weighted by Gasteiger charge is -2.15. The Morgan fingerprint density at radius 3 is 2.62 bits per heavy atom. The van der Waals surface area contributed by atoms with E-state index < -0.39 is 12.1 Å². The van der Waals surface area contributed by atoms with Crippen molar-refractivity contribution in [1.29, 1.82) is 0 Å². The van der Waals surface area contributed by atoms with Crippen LogP contribution in [-0.2, 0) is 0 Å². The molecule has 1 aromatic carbocycles. The van der Waals surface area contributed by atoms with E-state index in [-0.39, 0.29) is 5.82 Å². The lowest BCUT2D eigenvalue weighted by molar-refractivity contribution is 0.164. The molecular weight excluding hydrogens is 237 g/mol. The minimum atomic E-state index is -0.641. The summed E-state index contributed by atoms with van der Waals surface area (Å²) in [7, 11) is 0. The molecule has 4 heteroatoms. The molecule has 0 saturated carbocycles. The van der Waals surface area contributed by atoms with Gasteiger partial charge in [-0.1, -0.05) is 6.07 Å². The molecule has 0 aromatic heterocycles. The van der Waals surface area contributed by atoms with Crippen LogP contribution in [0.3, 0.4) is 0 Å². The van der Waals surface area contributed by atoms with Crippen LogP contribution in [0.2, 0.25) is 0 Å². The van der Waals surface area contributed by atoms with Gasteiger partial charge in [0.25, 0.3) is 0 Å². The molecule has 0 saturated heterocycles. The maximum Gasteiger partial charge on any atom is 0.137 e. The average Bonchev–Trinajstić information content (AvgIpc) is 2.08. The molecule has 0 bridgehead atoms. The molecule has 13 heavy (non-hydrogen) atoms. The van der Waals surface area contributed by atoms with Gasteiger partial charge in [0.1, 0.15) is 5.82 Å². The van der Waals surface area contributed by atoms with Gasteiger partial charge in [-0.2, -0.15) is 0 Å². The first-order chi connectivity index (χ1) is 6.02. The molecule has 2 atom stereocenters. The average molecular weight is 248 g/mol. The number of hydrogen-bond acceptors (Lipinski definition) is 2. The Labute approximate surface area is 84.7 Å². The Morgan fingerprint density at radius 1 is 1.54 bits per heavy atom. The summed E-state index contributed by atoms with van der Waals surface area (Å²) in [5, 5.41) is 9.20. The molecule has 0 spiro atoms. The van der Waals surface area contributed by atoms with Crippen LogP contribution >= 0.6 is 15.9 Å². The highest BCUT2D eigenvalue weighted by molar-refractivity contribution is 9.10. The van der Waals surface area contributed by atoms with E-state index in [1.54, 1.807) is 19.1 Å². The van der Waals surface area contributed by atoms with E-state index in [1.807, 2.05) is 0 Å². The second kappa shape index (κ2) is 4.17. The minimum absolute atomic E-state index is 0.332. The molecule has 0 amide bonds. The third-order valence-electron chi connectivity index (χ3n) is 1.85. The van der Waals surface area contributed by atoms with E-state index in [2.05, 4.69) is 15.9 Å². The maximum atomic E-state index is 12.8. The van der Waals surface area contributed by atoms with Crippen molar-refractivity contribution in [2.24, 2.45) is 5.73 Å². The van der Waals surface area contributed by atoms with Gasteiger partial charge in [0.05, 0.1) is 16.6 Å². The molecule has 1 rings (SSSR count). The summed E-state index contributed by atoms with van der Waals surface area (Å²) in [6.07, 6.45) is -0.641. The lowest BCUT2D eigenvalue weighted by atomic mass is 10.0. The number of aliphatic hydroxyl groups excluding tert-OH is 1. The van der Waals surface area contributed by atoms with Crippen LogP contribution in [0, 0.1) is 5.82 Å². The van der Waals surface area contributed by atoms with Gasteiger partial charge in [-0.05, 0) is 40.5 Å². The van der Waals surface area contributed by atoms with E-state index in [0.717, 1.165) is 0 Å². The number of rotatable bonds is 2. The molecule has 0 radical (unpaired) electrons. The van der Waals surface area contributed by atoms with Gasteiger partial charge in [-0.3, -0.25) is 0 Å². The Hall–Kier alpha value is -0.450. The summed E-state index contributed by atoms with van der Waals surface area (Å²) < 4.78 is 13.2. The van der Waals surface area contributed by atoms with E-state index >= 15 is 0 Å². The van der Waals surface area contributed by atoms with E-state index in [4.69, 9.17) is 5.73 Å². The van der Waals surface area contributed by atoms with Crippen LogP contribution in [0.15, 0.2) is 22.7 Å². The Kier molecular flexibility index (Phi) is 3.41. The summed E-state index contributed by atoms with van der Waals surface area (Å²) in [4.78, 5) is 0. The summed E-state index contributed by atoms with van der Waals surface area (Å²) in [6, 6.07) is 3.99. The van der Waals surface area contributed by atoms with Gasteiger partial charge >= 0.3 is 0 Å². The molecular formula is C9H11BrFNO. The Bertz CT molecular complexity index is 304. The predicted molar refractivity (Wildman–Crippen MR) is 52.7 cm³/mol. The maximum absolute atomic E-state index is 12.8. The molecule has 2 nitrogen and oxygen atoms in total. The van der Waals surface area contributed by atoms with Crippen molar-refractivity contribution in [2.45, 2.75) is 19.1 Å². The van der Waals surface area contributed by atoms with Crippen LogP contribution in [0.25, 0.3) is 0 Å². The van der Waals surface area contributed by atoms with Gasteiger partial charge in [0.15, 0.2) is 0 Å². The zero-order chi connectivity index (χ0) is 10.0. The van der Waals surface area contributed by atoms with Crippen LogP contribution in [0.1, 0.15) is 18.5 Å². The highest BCUT2D eigenvalue weighted by atomic mass is 79.9. The molecule has 0 aliphatic heterocycles. The van der Waals surface area contributed by atoms with Crippen molar-refractivity contribution in [1.82, 2.24) is 0 Å². The van der Waals surface area contributed by atoms with E-state index in [9.17, 15) is 9.50 Å². The van der Waals surface area contributed by atoms with Gasteiger partial charge < -0.3 is 10.8 Å². The molecule has 72 valence electrons. The van der Waals surface area contributed by atoms with Crippen LogP contribution in [0.4, 0.5) is 4.39 Å². The minimum Gasteiger partial charge on any atom is -0.391 e. The van der Waals surface area contributed by atoms with Crippen molar-refractivity contribution >= 4 is 15.9 Å². The first kappa shape index (κ1) is 10.6. The number of hydrogen-bond donors (Lipinski definition) is 2. The smallest absolute Gasteiger partial charge is 0.137 e. The van der Waals surface area contributed by atoms with E-state index in [0.29, 0.717) is 10.0 Å². The molecule has 0 heterocycles. The zero-order valence-corrected chi connectivity index (χ0v) is 8.75. The van der Waals surface area contributed by atoms with Crippen molar-refractivity contribution in [3.8, 4) is 0 Å². The highest BCUT2D eigenvalue weighted by Gasteiger charge is 2.12. The topological polar surface area (TPSA) is 46.2 Å². The number of aliphatic hydroxyl groups is 1. The molecule has 0 unspecified atom stereocenters. The lowest BCUT2D eigenvalue weighted by Crippen LogP contribution is -2.23. The van der Waals surface area contributed by atoms with Crippen molar-refractivity contribution in [3.05, 3.63) is 34.1 Å². The summed E-state index contributed by atoms with van der Waals surface area (Å²) >= 11 is 3.05. The second-order valence-electron chi connectivity index (χ2n) is 2.94. The fourth-order valence-electron chi connectivity index (χ4n) is 0.998. The zero-order valence-electron chi connectivity index (χ0n) is 7.17. The van der Waals surface area contributed by atoms with Gasteiger partial charge in [-0.15, -0.1) is 0 Å². The van der Waals surface area contributed by atoms with E-state index in [1.165, 1.54) is 6.07 Å². The van der Waals surface area contributed by atoms with Crippen LogP contribution in [0.5, 0.6) is 0 Å². The molecule has 0 fully saturated rings. The first-order valence-electron chi connectivity index (χ1n) is 3.91. The monoisotopic (exact) mass is 247 g/mol. The Morgan fingerprint density at radius 2 is 2.15 bits per heavy atom. The summed E-state index contributed by atoms with van der Waals surface area (Å²) in [5.74, 6) is -0.332. The standard InChI is InChI=1S/C9H11BrFNO/c1-5(13)9(12)6-2-3-8(11)7(10)4-6/h2-5,9,13H,12H2,1H3/t5-,9-/m0/s1. The van der Waals surface area contributed by atoms with Crippen LogP contribution < -0.4 is 5.73 Å². The van der Waals surface area contributed by atoms with Crippen molar-refractivity contribution < 1.29 is 9.50 Å². The third kappa shape index (κ3) is 2.49. The van der Waals surface area contributed by atoms with Gasteiger partial charge in [0.2, 0.25) is 0 Å². The normalized spacial score (nSPS) is 15.5. The van der Waals surface area contributed by atoms with Crippen molar-refractivity contribution in [2.75, 3.05) is 0 Å². The molecule has 0 aliphatic rings. The quantitative estimate of drug-likeness (QED) is 0.840. The van der Waals surface area contributed by atoms with Gasteiger partial charge in [-0.25, -0.2) is 4.39 Å². The molecule has 1 aromatic rings. The highest BCUT2D eigenvalue weighted by Crippen LogP contribution is 2.21. The fourth-order valence-corrected chi connectivity index (χ4v) is 1.39. The summed E-state index contributed by atoms with van der Waals surface area (Å²) in [6.45, 7) is 1.60. The molecule has 0 aliphatic carbocycles. The van der Waals surface area contributed by atoms with Gasteiger partial charge in [0, 0.05) is 0 Å². The fraction of sp³-hybridized carbons (Fsp3) is 0.333.